The minimum atomic E-state index is 0.442. The van der Waals surface area contributed by atoms with Crippen molar-refractivity contribution in [3.05, 3.63) is 94.2 Å². The van der Waals surface area contributed by atoms with Crippen molar-refractivity contribution in [3.63, 3.8) is 0 Å². The van der Waals surface area contributed by atoms with Gasteiger partial charge in [-0.25, -0.2) is 0 Å². The lowest BCUT2D eigenvalue weighted by molar-refractivity contribution is 0.00513. The summed E-state index contributed by atoms with van der Waals surface area (Å²) in [7, 11) is 0. The van der Waals surface area contributed by atoms with Crippen LogP contribution in [-0.2, 0) is 6.54 Å². The Kier molecular flexibility index (Phi) is 5.30. The third-order valence-electron chi connectivity index (χ3n) is 6.61. The Balaban J connectivity index is 1.48. The van der Waals surface area contributed by atoms with E-state index in [-0.39, 0.29) is 0 Å². The van der Waals surface area contributed by atoms with Gasteiger partial charge in [0.15, 0.2) is 0 Å². The number of nitrogens with one attached hydrogen (secondary N) is 1. The van der Waals surface area contributed by atoms with E-state index in [0.29, 0.717) is 18.0 Å². The second kappa shape index (κ2) is 8.20. The molecule has 0 saturated carbocycles. The summed E-state index contributed by atoms with van der Waals surface area (Å²) in [4.78, 5) is 4.26. The minimum Gasteiger partial charge on any atom is -0.308 e. The van der Waals surface area contributed by atoms with Crippen molar-refractivity contribution >= 4 is 11.3 Å². The summed E-state index contributed by atoms with van der Waals surface area (Å²) in [5, 5.41) is 6.22. The average Bonchev–Trinajstić information content (AvgIpc) is 3.30. The first-order valence-electron chi connectivity index (χ1n) is 10.5. The van der Waals surface area contributed by atoms with Crippen LogP contribution in [0.4, 0.5) is 0 Å². The lowest BCUT2D eigenvalue weighted by atomic mass is 9.72. The molecule has 2 bridgehead atoms. The van der Waals surface area contributed by atoms with E-state index in [1.807, 2.05) is 11.3 Å². The van der Waals surface area contributed by atoms with Gasteiger partial charge in [0, 0.05) is 29.4 Å². The quantitative estimate of drug-likeness (QED) is 0.629. The average molecular weight is 389 g/mol. The fraction of sp³-hybridized carbons (Fsp3) is 0.360. The normalized spacial score (nSPS) is 27.6. The molecule has 1 N–H and O–H groups in total. The molecule has 3 aliphatic heterocycles. The minimum absolute atomic E-state index is 0.442. The first kappa shape index (κ1) is 18.1. The summed E-state index contributed by atoms with van der Waals surface area (Å²) >= 11 is 1.91. The molecule has 3 aliphatic rings. The van der Waals surface area contributed by atoms with Crippen LogP contribution in [0.15, 0.2) is 78.2 Å². The molecule has 6 rings (SSSR count). The Morgan fingerprint density at radius 1 is 0.893 bits per heavy atom. The molecule has 144 valence electrons. The van der Waals surface area contributed by atoms with E-state index in [0.717, 1.165) is 12.5 Å². The highest BCUT2D eigenvalue weighted by Crippen LogP contribution is 2.43. The van der Waals surface area contributed by atoms with E-state index in [4.69, 9.17) is 0 Å². The summed E-state index contributed by atoms with van der Waals surface area (Å²) in [6, 6.07) is 27.6. The maximum Gasteiger partial charge on any atom is 0.0369 e. The second-order valence-corrected chi connectivity index (χ2v) is 9.14. The summed E-state index contributed by atoms with van der Waals surface area (Å²) in [5.74, 6) is 1.22. The molecule has 3 saturated heterocycles. The van der Waals surface area contributed by atoms with E-state index >= 15 is 0 Å². The molecule has 1 unspecified atom stereocenters. The summed E-state index contributed by atoms with van der Waals surface area (Å²) in [6.45, 7) is 3.44. The molecule has 3 aromatic rings. The van der Waals surface area contributed by atoms with Gasteiger partial charge in [-0.3, -0.25) is 4.90 Å². The molecule has 0 amide bonds. The number of thiophene rings is 1. The van der Waals surface area contributed by atoms with Gasteiger partial charge < -0.3 is 5.32 Å². The van der Waals surface area contributed by atoms with Crippen LogP contribution in [0.1, 0.15) is 34.8 Å². The number of piperidine rings is 3. The molecule has 3 heteroatoms. The largest absolute Gasteiger partial charge is 0.308 e. The molecule has 0 aliphatic carbocycles. The molecule has 28 heavy (non-hydrogen) atoms. The maximum absolute atomic E-state index is 3.99. The second-order valence-electron chi connectivity index (χ2n) is 8.16. The summed E-state index contributed by atoms with van der Waals surface area (Å²) in [6.07, 6.45) is 2.66. The van der Waals surface area contributed by atoms with Gasteiger partial charge in [0.25, 0.3) is 0 Å². The highest BCUT2D eigenvalue weighted by atomic mass is 32.1. The van der Waals surface area contributed by atoms with Gasteiger partial charge in [-0.15, -0.1) is 11.3 Å². The zero-order valence-electron chi connectivity index (χ0n) is 16.2. The van der Waals surface area contributed by atoms with E-state index in [2.05, 4.69) is 88.4 Å². The molecule has 0 radical (unpaired) electrons. The smallest absolute Gasteiger partial charge is 0.0369 e. The van der Waals surface area contributed by atoms with Gasteiger partial charge >= 0.3 is 0 Å². The van der Waals surface area contributed by atoms with Gasteiger partial charge in [-0.1, -0.05) is 66.7 Å². The molecule has 1 aromatic heterocycles. The van der Waals surface area contributed by atoms with Crippen molar-refractivity contribution in [1.29, 1.82) is 0 Å². The third-order valence-corrected chi connectivity index (χ3v) is 7.56. The molecular weight excluding hydrogens is 360 g/mol. The van der Waals surface area contributed by atoms with Gasteiger partial charge in [0.2, 0.25) is 0 Å². The standard InChI is InChI=1S/C25H28N2S/c1-3-8-19(9-4-1)18-26-24-21-13-15-27(16-14-21)25(24)23(22-12-7-17-28-22)20-10-5-2-6-11-20/h1-12,17,21,23-26H,13-16,18H2/t23?,24-,25+/m1/s1. The van der Waals surface area contributed by atoms with Crippen molar-refractivity contribution < 1.29 is 0 Å². The van der Waals surface area contributed by atoms with E-state index in [9.17, 15) is 0 Å². The first-order chi connectivity index (χ1) is 13.9. The van der Waals surface area contributed by atoms with Crippen LogP contribution in [0.2, 0.25) is 0 Å². The number of hydrogen-bond donors (Lipinski definition) is 1. The fourth-order valence-corrected chi connectivity index (χ4v) is 6.17. The molecule has 3 atom stereocenters. The van der Waals surface area contributed by atoms with E-state index < -0.39 is 0 Å². The molecule has 2 nitrogen and oxygen atoms in total. The summed E-state index contributed by atoms with van der Waals surface area (Å²) < 4.78 is 0. The first-order valence-corrected chi connectivity index (χ1v) is 11.4. The van der Waals surface area contributed by atoms with Crippen molar-refractivity contribution in [2.24, 2.45) is 5.92 Å². The summed E-state index contributed by atoms with van der Waals surface area (Å²) in [5.41, 5.74) is 2.83. The number of hydrogen-bond acceptors (Lipinski definition) is 3. The molecule has 2 aromatic carbocycles. The SMILES string of the molecule is c1ccc(CN[C@@H]2C3CCN(CC3)[C@H]2C(c2ccccc2)c2cccs2)cc1. The Labute approximate surface area is 172 Å². The lowest BCUT2D eigenvalue weighted by Crippen LogP contribution is -2.64. The topological polar surface area (TPSA) is 15.3 Å². The highest BCUT2D eigenvalue weighted by molar-refractivity contribution is 7.10. The van der Waals surface area contributed by atoms with Crippen molar-refractivity contribution in [2.45, 2.75) is 37.4 Å². The van der Waals surface area contributed by atoms with Gasteiger partial charge in [-0.2, -0.15) is 0 Å². The van der Waals surface area contributed by atoms with Gasteiger partial charge in [0.05, 0.1) is 0 Å². The van der Waals surface area contributed by atoms with Crippen LogP contribution in [0.5, 0.6) is 0 Å². The van der Waals surface area contributed by atoms with Gasteiger partial charge in [0.1, 0.15) is 0 Å². The van der Waals surface area contributed by atoms with Crippen LogP contribution in [-0.4, -0.2) is 30.1 Å². The molecule has 4 heterocycles. The van der Waals surface area contributed by atoms with Crippen molar-refractivity contribution in [1.82, 2.24) is 10.2 Å². The number of benzene rings is 2. The highest BCUT2D eigenvalue weighted by Gasteiger charge is 2.46. The predicted octanol–water partition coefficient (Wildman–Crippen LogP) is 5.13. The predicted molar refractivity (Wildman–Crippen MR) is 118 cm³/mol. The Hall–Kier alpha value is -1.94. The molecular formula is C25H28N2S. The van der Waals surface area contributed by atoms with Gasteiger partial charge in [-0.05, 0) is 54.4 Å². The zero-order valence-corrected chi connectivity index (χ0v) is 17.0. The fourth-order valence-electron chi connectivity index (χ4n) is 5.28. The van der Waals surface area contributed by atoms with Crippen LogP contribution in [0.25, 0.3) is 0 Å². The molecule has 3 fully saturated rings. The monoisotopic (exact) mass is 388 g/mol. The van der Waals surface area contributed by atoms with Crippen LogP contribution in [0, 0.1) is 5.92 Å². The van der Waals surface area contributed by atoms with Crippen molar-refractivity contribution in [2.75, 3.05) is 13.1 Å². The lowest BCUT2D eigenvalue weighted by Gasteiger charge is -2.54. The Morgan fingerprint density at radius 2 is 1.61 bits per heavy atom. The Bertz CT molecular complexity index is 854. The van der Waals surface area contributed by atoms with Crippen LogP contribution < -0.4 is 5.32 Å². The Morgan fingerprint density at radius 3 is 2.29 bits per heavy atom. The van der Waals surface area contributed by atoms with Crippen molar-refractivity contribution in [3.8, 4) is 0 Å². The molecule has 0 spiro atoms. The van der Waals surface area contributed by atoms with E-state index in [1.54, 1.807) is 0 Å². The van der Waals surface area contributed by atoms with Crippen LogP contribution in [0.3, 0.4) is 0 Å². The van der Waals surface area contributed by atoms with Crippen LogP contribution >= 0.6 is 11.3 Å². The number of fused-ring (bicyclic) bond motifs is 3. The maximum atomic E-state index is 3.99. The van der Waals surface area contributed by atoms with E-state index in [1.165, 1.54) is 41.9 Å². The third kappa shape index (κ3) is 3.55. The number of nitrogens with zero attached hydrogens (tertiary/aromatic N) is 1. The zero-order chi connectivity index (χ0) is 18.8. The number of rotatable bonds is 6.